The van der Waals surface area contributed by atoms with Gasteiger partial charge in [-0.15, -0.1) is 11.3 Å². The number of nitrogens with one attached hydrogen (secondary N) is 1. The van der Waals surface area contributed by atoms with E-state index in [4.69, 9.17) is 4.74 Å². The Labute approximate surface area is 141 Å². The van der Waals surface area contributed by atoms with Crippen LogP contribution in [0.25, 0.3) is 10.1 Å². The molecule has 3 rings (SSSR count). The monoisotopic (exact) mass is 375 g/mol. The largest absolute Gasteiger partial charge is 0.445 e. The number of amides is 1. The summed E-state index contributed by atoms with van der Waals surface area (Å²) in [5, 5.41) is 3.96. The molecule has 0 aliphatic heterocycles. The molecule has 0 aliphatic rings. The fourth-order valence-corrected chi connectivity index (χ4v) is 4.00. The van der Waals surface area contributed by atoms with Crippen LogP contribution < -0.4 is 5.32 Å². The predicted molar refractivity (Wildman–Crippen MR) is 93.0 cm³/mol. The highest BCUT2D eigenvalue weighted by atomic mass is 79.9. The number of ether oxygens (including phenoxy) is 1. The molecule has 0 bridgehead atoms. The van der Waals surface area contributed by atoms with Crippen LogP contribution in [0.3, 0.4) is 0 Å². The molecule has 0 fully saturated rings. The molecule has 22 heavy (non-hydrogen) atoms. The lowest BCUT2D eigenvalue weighted by Gasteiger charge is -2.06. The Balaban J connectivity index is 1.57. The van der Waals surface area contributed by atoms with Gasteiger partial charge in [0.1, 0.15) is 6.61 Å². The van der Waals surface area contributed by atoms with Crippen molar-refractivity contribution >= 4 is 43.4 Å². The molecule has 3 aromatic rings. The maximum atomic E-state index is 11.8. The molecule has 1 heterocycles. The number of fused-ring (bicyclic) bond motifs is 1. The summed E-state index contributed by atoms with van der Waals surface area (Å²) in [6.45, 7) is 0.730. The van der Waals surface area contributed by atoms with Crippen molar-refractivity contribution < 1.29 is 9.53 Å². The number of hydrogen-bond donors (Lipinski definition) is 1. The van der Waals surface area contributed by atoms with Crippen LogP contribution in [-0.4, -0.2) is 6.09 Å². The van der Waals surface area contributed by atoms with Gasteiger partial charge < -0.3 is 10.1 Å². The number of halogens is 1. The minimum absolute atomic E-state index is 0.278. The van der Waals surface area contributed by atoms with Crippen molar-refractivity contribution in [2.24, 2.45) is 0 Å². The zero-order valence-electron chi connectivity index (χ0n) is 11.7. The molecule has 0 aliphatic carbocycles. The van der Waals surface area contributed by atoms with Gasteiger partial charge in [-0.25, -0.2) is 4.79 Å². The van der Waals surface area contributed by atoms with Gasteiger partial charge in [0.15, 0.2) is 0 Å². The highest BCUT2D eigenvalue weighted by Gasteiger charge is 2.10. The average Bonchev–Trinajstić information content (AvgIpc) is 2.88. The molecule has 112 valence electrons. The van der Waals surface area contributed by atoms with Gasteiger partial charge in [-0.3, -0.25) is 0 Å². The van der Waals surface area contributed by atoms with Crippen LogP contribution >= 0.6 is 27.3 Å². The van der Waals surface area contributed by atoms with Crippen LogP contribution in [-0.2, 0) is 17.9 Å². The summed E-state index contributed by atoms with van der Waals surface area (Å²) in [6, 6.07) is 17.8. The van der Waals surface area contributed by atoms with Gasteiger partial charge in [-0.05, 0) is 27.6 Å². The Hall–Kier alpha value is -1.85. The standard InChI is InChI=1S/C17H14BrNO2S/c18-16-13-8-4-5-9-14(13)22-15(16)10-19-17(20)21-11-12-6-2-1-3-7-12/h1-9H,10-11H2,(H,19,20). The quantitative estimate of drug-likeness (QED) is 0.689. The summed E-state index contributed by atoms with van der Waals surface area (Å²) in [5.41, 5.74) is 0.973. The molecule has 1 N–H and O–H groups in total. The van der Waals surface area contributed by atoms with E-state index in [-0.39, 0.29) is 6.61 Å². The van der Waals surface area contributed by atoms with E-state index in [2.05, 4.69) is 33.4 Å². The first-order chi connectivity index (χ1) is 10.7. The number of thiophene rings is 1. The molecule has 0 unspecified atom stereocenters. The van der Waals surface area contributed by atoms with E-state index in [1.807, 2.05) is 42.5 Å². The molecule has 0 atom stereocenters. The highest BCUT2D eigenvalue weighted by Crippen LogP contribution is 2.35. The van der Waals surface area contributed by atoms with Crippen molar-refractivity contribution in [1.29, 1.82) is 0 Å². The van der Waals surface area contributed by atoms with Crippen LogP contribution in [0.1, 0.15) is 10.4 Å². The number of carbonyl (C=O) groups excluding carboxylic acids is 1. The summed E-state index contributed by atoms with van der Waals surface area (Å²) in [6.07, 6.45) is -0.409. The first-order valence-corrected chi connectivity index (χ1v) is 8.45. The Kier molecular flexibility index (Phi) is 4.75. The lowest BCUT2D eigenvalue weighted by atomic mass is 10.2. The summed E-state index contributed by atoms with van der Waals surface area (Å²) < 4.78 is 7.44. The van der Waals surface area contributed by atoms with Crippen LogP contribution in [0, 0.1) is 0 Å². The van der Waals surface area contributed by atoms with E-state index in [1.54, 1.807) is 11.3 Å². The molecule has 3 nitrogen and oxygen atoms in total. The lowest BCUT2D eigenvalue weighted by molar-refractivity contribution is 0.139. The van der Waals surface area contributed by atoms with E-state index in [1.165, 1.54) is 10.1 Å². The van der Waals surface area contributed by atoms with Crippen LogP contribution in [0.15, 0.2) is 59.1 Å². The topological polar surface area (TPSA) is 38.3 Å². The number of benzene rings is 2. The van der Waals surface area contributed by atoms with Crippen molar-refractivity contribution in [1.82, 2.24) is 5.32 Å². The summed E-state index contributed by atoms with van der Waals surface area (Å²) in [4.78, 5) is 12.9. The molecule has 0 saturated carbocycles. The Morgan fingerprint density at radius 3 is 2.59 bits per heavy atom. The predicted octanol–water partition coefficient (Wildman–Crippen LogP) is 5.09. The van der Waals surface area contributed by atoms with E-state index >= 15 is 0 Å². The fraction of sp³-hybridized carbons (Fsp3) is 0.118. The van der Waals surface area contributed by atoms with E-state index in [0.717, 1.165) is 14.9 Å². The van der Waals surface area contributed by atoms with Gasteiger partial charge >= 0.3 is 6.09 Å². The number of rotatable bonds is 4. The smallest absolute Gasteiger partial charge is 0.407 e. The van der Waals surface area contributed by atoms with Gasteiger partial charge in [-0.2, -0.15) is 0 Å². The molecule has 5 heteroatoms. The molecular formula is C17H14BrNO2S. The average molecular weight is 376 g/mol. The zero-order valence-corrected chi connectivity index (χ0v) is 14.1. The third-order valence-electron chi connectivity index (χ3n) is 3.21. The van der Waals surface area contributed by atoms with E-state index < -0.39 is 6.09 Å². The van der Waals surface area contributed by atoms with E-state index in [9.17, 15) is 4.79 Å². The molecular weight excluding hydrogens is 362 g/mol. The third kappa shape index (κ3) is 3.48. The Morgan fingerprint density at radius 1 is 1.09 bits per heavy atom. The minimum Gasteiger partial charge on any atom is -0.445 e. The Morgan fingerprint density at radius 2 is 1.82 bits per heavy atom. The SMILES string of the molecule is O=C(NCc1sc2ccccc2c1Br)OCc1ccccc1. The third-order valence-corrected chi connectivity index (χ3v) is 5.55. The number of carbonyl (C=O) groups is 1. The van der Waals surface area contributed by atoms with Crippen molar-refractivity contribution in [3.63, 3.8) is 0 Å². The van der Waals surface area contributed by atoms with Gasteiger partial charge in [0.25, 0.3) is 0 Å². The summed E-state index contributed by atoms with van der Waals surface area (Å²) in [7, 11) is 0. The maximum absolute atomic E-state index is 11.8. The van der Waals surface area contributed by atoms with Crippen molar-refractivity contribution in [2.75, 3.05) is 0 Å². The molecule has 0 saturated heterocycles. The van der Waals surface area contributed by atoms with Crippen molar-refractivity contribution in [3.05, 3.63) is 69.5 Å². The van der Waals surface area contributed by atoms with Crippen molar-refractivity contribution in [3.8, 4) is 0 Å². The second-order valence-electron chi connectivity index (χ2n) is 4.75. The number of hydrogen-bond acceptors (Lipinski definition) is 3. The number of alkyl carbamates (subject to hydrolysis) is 1. The van der Waals surface area contributed by atoms with Crippen LogP contribution in [0.4, 0.5) is 4.79 Å². The first-order valence-electron chi connectivity index (χ1n) is 6.84. The second-order valence-corrected chi connectivity index (χ2v) is 6.68. The summed E-state index contributed by atoms with van der Waals surface area (Å²) >= 11 is 5.26. The van der Waals surface area contributed by atoms with Crippen molar-refractivity contribution in [2.45, 2.75) is 13.2 Å². The van der Waals surface area contributed by atoms with Gasteiger partial charge in [0.2, 0.25) is 0 Å². The molecule has 0 spiro atoms. The van der Waals surface area contributed by atoms with Gasteiger partial charge in [0.05, 0.1) is 6.54 Å². The first kappa shape index (κ1) is 15.1. The van der Waals surface area contributed by atoms with E-state index in [0.29, 0.717) is 6.54 Å². The zero-order chi connectivity index (χ0) is 15.4. The molecule has 2 aromatic carbocycles. The maximum Gasteiger partial charge on any atom is 0.407 e. The Bertz CT molecular complexity index is 786. The van der Waals surface area contributed by atoms with Crippen LogP contribution in [0.2, 0.25) is 0 Å². The molecule has 1 aromatic heterocycles. The molecule has 0 radical (unpaired) electrons. The van der Waals surface area contributed by atoms with Crippen LogP contribution in [0.5, 0.6) is 0 Å². The highest BCUT2D eigenvalue weighted by molar-refractivity contribution is 9.10. The van der Waals surface area contributed by atoms with Gasteiger partial charge in [-0.1, -0.05) is 48.5 Å². The fourth-order valence-electron chi connectivity index (χ4n) is 2.10. The normalized spacial score (nSPS) is 10.6. The van der Waals surface area contributed by atoms with Gasteiger partial charge in [0, 0.05) is 19.4 Å². The minimum atomic E-state index is -0.409. The molecule has 1 amide bonds. The second kappa shape index (κ2) is 6.94. The lowest BCUT2D eigenvalue weighted by Crippen LogP contribution is -2.23. The summed E-state index contributed by atoms with van der Waals surface area (Å²) in [5.74, 6) is 0.